The van der Waals surface area contributed by atoms with Crippen molar-refractivity contribution < 1.29 is 14.3 Å². The first-order chi connectivity index (χ1) is 10.7. The molecule has 0 aliphatic rings. The van der Waals surface area contributed by atoms with Gasteiger partial charge in [-0.3, -0.25) is 4.79 Å². The summed E-state index contributed by atoms with van der Waals surface area (Å²) >= 11 is 0. The van der Waals surface area contributed by atoms with Gasteiger partial charge in [-0.2, -0.15) is 0 Å². The molecule has 0 aromatic heterocycles. The second-order valence-electron chi connectivity index (χ2n) is 5.05. The Bertz CT molecular complexity index is 625. The Hall–Kier alpha value is -2.33. The summed E-state index contributed by atoms with van der Waals surface area (Å²) in [5.74, 6) is 0.555. The summed E-state index contributed by atoms with van der Waals surface area (Å²) in [6, 6.07) is 15.3. The van der Waals surface area contributed by atoms with Gasteiger partial charge in [-0.05, 0) is 30.7 Å². The molecule has 0 unspecified atom stereocenters. The Labute approximate surface area is 131 Å². The summed E-state index contributed by atoms with van der Waals surface area (Å²) in [5, 5.41) is 2.79. The van der Waals surface area contributed by atoms with Crippen molar-refractivity contribution >= 4 is 5.91 Å². The SMILES string of the molecule is COCCNC(=O)c1cccc(OCc2cccc(C)c2)c1. The van der Waals surface area contributed by atoms with Crippen LogP contribution in [0, 0.1) is 6.92 Å². The van der Waals surface area contributed by atoms with Crippen LogP contribution in [0.3, 0.4) is 0 Å². The normalized spacial score (nSPS) is 10.3. The first kappa shape index (κ1) is 16.0. The molecule has 2 aromatic carbocycles. The number of ether oxygens (including phenoxy) is 2. The maximum atomic E-state index is 12.0. The number of methoxy groups -OCH3 is 1. The molecule has 4 nitrogen and oxygen atoms in total. The lowest BCUT2D eigenvalue weighted by Crippen LogP contribution is -2.26. The Morgan fingerprint density at radius 2 is 1.95 bits per heavy atom. The number of rotatable bonds is 7. The highest BCUT2D eigenvalue weighted by Gasteiger charge is 2.06. The van der Waals surface area contributed by atoms with Crippen molar-refractivity contribution in [3.63, 3.8) is 0 Å². The first-order valence-electron chi connectivity index (χ1n) is 7.24. The number of nitrogens with one attached hydrogen (secondary N) is 1. The summed E-state index contributed by atoms with van der Waals surface area (Å²) < 4.78 is 10.7. The number of benzene rings is 2. The van der Waals surface area contributed by atoms with Crippen molar-refractivity contribution in [1.82, 2.24) is 5.32 Å². The number of carbonyl (C=O) groups excluding carboxylic acids is 1. The summed E-state index contributed by atoms with van der Waals surface area (Å²) in [6.07, 6.45) is 0. The van der Waals surface area contributed by atoms with E-state index in [-0.39, 0.29) is 5.91 Å². The topological polar surface area (TPSA) is 47.6 Å². The van der Waals surface area contributed by atoms with Crippen molar-refractivity contribution in [2.24, 2.45) is 0 Å². The molecule has 0 bridgehead atoms. The number of hydrogen-bond acceptors (Lipinski definition) is 3. The Kier molecular flexibility index (Phi) is 5.98. The lowest BCUT2D eigenvalue weighted by Gasteiger charge is -2.09. The van der Waals surface area contributed by atoms with Crippen LogP contribution in [0.1, 0.15) is 21.5 Å². The molecule has 2 rings (SSSR count). The van der Waals surface area contributed by atoms with Gasteiger partial charge in [0.2, 0.25) is 0 Å². The molecule has 1 amide bonds. The van der Waals surface area contributed by atoms with Gasteiger partial charge in [0.1, 0.15) is 12.4 Å². The van der Waals surface area contributed by atoms with Crippen molar-refractivity contribution in [3.05, 3.63) is 65.2 Å². The van der Waals surface area contributed by atoms with Crippen LogP contribution in [-0.2, 0) is 11.3 Å². The molecule has 0 atom stereocenters. The van der Waals surface area contributed by atoms with Crippen LogP contribution in [0.25, 0.3) is 0 Å². The predicted molar refractivity (Wildman–Crippen MR) is 86.2 cm³/mol. The van der Waals surface area contributed by atoms with Gasteiger partial charge in [0.15, 0.2) is 0 Å². The largest absolute Gasteiger partial charge is 0.489 e. The van der Waals surface area contributed by atoms with E-state index in [4.69, 9.17) is 9.47 Å². The third-order valence-corrected chi connectivity index (χ3v) is 3.18. The van der Waals surface area contributed by atoms with Crippen LogP contribution in [0.2, 0.25) is 0 Å². The van der Waals surface area contributed by atoms with Crippen LogP contribution in [0.15, 0.2) is 48.5 Å². The maximum absolute atomic E-state index is 12.0. The van der Waals surface area contributed by atoms with Gasteiger partial charge in [-0.15, -0.1) is 0 Å². The van der Waals surface area contributed by atoms with Crippen molar-refractivity contribution in [3.8, 4) is 5.75 Å². The fourth-order valence-electron chi connectivity index (χ4n) is 2.06. The molecule has 0 heterocycles. The smallest absolute Gasteiger partial charge is 0.251 e. The second kappa shape index (κ2) is 8.20. The van der Waals surface area contributed by atoms with E-state index in [1.807, 2.05) is 24.3 Å². The summed E-state index contributed by atoms with van der Waals surface area (Å²) in [7, 11) is 1.60. The van der Waals surface area contributed by atoms with Crippen LogP contribution in [0.5, 0.6) is 5.75 Å². The molecule has 0 aliphatic heterocycles. The van der Waals surface area contributed by atoms with Gasteiger partial charge in [0.25, 0.3) is 5.91 Å². The van der Waals surface area contributed by atoms with Crippen LogP contribution >= 0.6 is 0 Å². The van der Waals surface area contributed by atoms with Crippen LogP contribution in [-0.4, -0.2) is 26.2 Å². The number of hydrogen-bond donors (Lipinski definition) is 1. The second-order valence-corrected chi connectivity index (χ2v) is 5.05. The quantitative estimate of drug-likeness (QED) is 0.800. The highest BCUT2D eigenvalue weighted by atomic mass is 16.5. The fourth-order valence-corrected chi connectivity index (χ4v) is 2.06. The molecule has 2 aromatic rings. The lowest BCUT2D eigenvalue weighted by atomic mass is 10.1. The van der Waals surface area contributed by atoms with Gasteiger partial charge in [0.05, 0.1) is 6.61 Å². The molecule has 0 saturated carbocycles. The molecule has 0 radical (unpaired) electrons. The minimum atomic E-state index is -0.127. The summed E-state index contributed by atoms with van der Waals surface area (Å²) in [5.41, 5.74) is 2.89. The van der Waals surface area contributed by atoms with E-state index in [0.717, 1.165) is 5.56 Å². The number of amides is 1. The van der Waals surface area contributed by atoms with Crippen LogP contribution < -0.4 is 10.1 Å². The molecule has 1 N–H and O–H groups in total. The van der Waals surface area contributed by atoms with Crippen molar-refractivity contribution in [1.29, 1.82) is 0 Å². The number of aryl methyl sites for hydroxylation is 1. The molecule has 0 spiro atoms. The van der Waals surface area contributed by atoms with Gasteiger partial charge >= 0.3 is 0 Å². The van der Waals surface area contributed by atoms with Gasteiger partial charge < -0.3 is 14.8 Å². The molecule has 0 saturated heterocycles. The van der Waals surface area contributed by atoms with E-state index in [9.17, 15) is 4.79 Å². The molecule has 0 fully saturated rings. The van der Waals surface area contributed by atoms with Crippen molar-refractivity contribution in [2.75, 3.05) is 20.3 Å². The Morgan fingerprint density at radius 1 is 1.14 bits per heavy atom. The zero-order chi connectivity index (χ0) is 15.8. The van der Waals surface area contributed by atoms with E-state index in [0.29, 0.717) is 31.1 Å². The van der Waals surface area contributed by atoms with Gasteiger partial charge in [-0.1, -0.05) is 35.9 Å². The van der Waals surface area contributed by atoms with E-state index in [2.05, 4.69) is 24.4 Å². The van der Waals surface area contributed by atoms with Gasteiger partial charge in [-0.25, -0.2) is 0 Å². The summed E-state index contributed by atoms with van der Waals surface area (Å²) in [6.45, 7) is 3.52. The fraction of sp³-hybridized carbons (Fsp3) is 0.278. The molecule has 4 heteroatoms. The monoisotopic (exact) mass is 299 g/mol. The Morgan fingerprint density at radius 3 is 2.73 bits per heavy atom. The zero-order valence-corrected chi connectivity index (χ0v) is 13.0. The molecule has 116 valence electrons. The van der Waals surface area contributed by atoms with E-state index in [1.54, 1.807) is 19.2 Å². The summed E-state index contributed by atoms with van der Waals surface area (Å²) in [4.78, 5) is 12.0. The average Bonchev–Trinajstić information content (AvgIpc) is 2.53. The standard InChI is InChI=1S/C18H21NO3/c1-14-5-3-6-15(11-14)13-22-17-8-4-7-16(12-17)18(20)19-9-10-21-2/h3-8,11-12H,9-10,13H2,1-2H3,(H,19,20). The maximum Gasteiger partial charge on any atom is 0.251 e. The van der Waals surface area contributed by atoms with Gasteiger partial charge in [0, 0.05) is 19.2 Å². The van der Waals surface area contributed by atoms with Crippen molar-refractivity contribution in [2.45, 2.75) is 13.5 Å². The first-order valence-corrected chi connectivity index (χ1v) is 7.24. The molecular weight excluding hydrogens is 278 g/mol. The average molecular weight is 299 g/mol. The van der Waals surface area contributed by atoms with Crippen LogP contribution in [0.4, 0.5) is 0 Å². The minimum Gasteiger partial charge on any atom is -0.489 e. The third kappa shape index (κ3) is 4.90. The molecular formula is C18H21NO3. The minimum absolute atomic E-state index is 0.127. The molecule has 0 aliphatic carbocycles. The lowest BCUT2D eigenvalue weighted by molar-refractivity contribution is 0.0936. The van der Waals surface area contributed by atoms with E-state index >= 15 is 0 Å². The van der Waals surface area contributed by atoms with E-state index < -0.39 is 0 Å². The third-order valence-electron chi connectivity index (χ3n) is 3.18. The number of carbonyl (C=O) groups is 1. The molecule has 22 heavy (non-hydrogen) atoms. The predicted octanol–water partition coefficient (Wildman–Crippen LogP) is 2.95. The zero-order valence-electron chi connectivity index (χ0n) is 13.0. The highest BCUT2D eigenvalue weighted by molar-refractivity contribution is 5.94. The highest BCUT2D eigenvalue weighted by Crippen LogP contribution is 2.15. The Balaban J connectivity index is 1.95. The van der Waals surface area contributed by atoms with E-state index in [1.165, 1.54) is 5.56 Å².